The van der Waals surface area contributed by atoms with Crippen molar-refractivity contribution in [2.75, 3.05) is 6.54 Å². The van der Waals surface area contributed by atoms with Gasteiger partial charge in [-0.05, 0) is 24.0 Å². The number of benzene rings is 1. The fourth-order valence-corrected chi connectivity index (χ4v) is 2.29. The van der Waals surface area contributed by atoms with Crippen molar-refractivity contribution in [3.8, 4) is 11.1 Å². The Hall–Kier alpha value is -2.20. The summed E-state index contributed by atoms with van der Waals surface area (Å²) in [7, 11) is 0. The molecule has 1 atom stereocenters. The third kappa shape index (κ3) is 4.67. The van der Waals surface area contributed by atoms with E-state index in [1.165, 1.54) is 6.20 Å². The molecule has 2 aromatic rings. The number of nitrogens with zero attached hydrogens (tertiary/aromatic N) is 1. The summed E-state index contributed by atoms with van der Waals surface area (Å²) in [5, 5.41) is 12.6. The second-order valence-electron chi connectivity index (χ2n) is 5.82. The Morgan fingerprint density at radius 2 is 1.91 bits per heavy atom. The molecule has 1 aromatic heterocycles. The van der Waals surface area contributed by atoms with Crippen LogP contribution in [0.5, 0.6) is 0 Å². The van der Waals surface area contributed by atoms with Crippen molar-refractivity contribution < 1.29 is 9.90 Å². The van der Waals surface area contributed by atoms with E-state index in [1.54, 1.807) is 6.20 Å². The SMILES string of the molecule is CC(C)CC(O)CNC(=O)c1cncc(-c2ccccc2)c1. The number of aliphatic hydroxyl groups is 1. The molecule has 0 saturated carbocycles. The highest BCUT2D eigenvalue weighted by molar-refractivity contribution is 5.95. The Morgan fingerprint density at radius 1 is 1.18 bits per heavy atom. The molecule has 2 rings (SSSR count). The van der Waals surface area contributed by atoms with E-state index in [2.05, 4.69) is 10.3 Å². The number of pyridine rings is 1. The largest absolute Gasteiger partial charge is 0.391 e. The quantitative estimate of drug-likeness (QED) is 0.862. The van der Waals surface area contributed by atoms with Crippen molar-refractivity contribution in [1.82, 2.24) is 10.3 Å². The molecule has 1 heterocycles. The number of hydrogen-bond acceptors (Lipinski definition) is 3. The zero-order chi connectivity index (χ0) is 15.9. The molecule has 116 valence electrons. The maximum Gasteiger partial charge on any atom is 0.252 e. The van der Waals surface area contributed by atoms with Crippen molar-refractivity contribution in [2.45, 2.75) is 26.4 Å². The summed E-state index contributed by atoms with van der Waals surface area (Å²) < 4.78 is 0. The number of nitrogens with one attached hydrogen (secondary N) is 1. The molecular formula is C18H22N2O2. The summed E-state index contributed by atoms with van der Waals surface area (Å²) in [5.41, 5.74) is 2.42. The number of rotatable bonds is 6. The van der Waals surface area contributed by atoms with Crippen molar-refractivity contribution in [2.24, 2.45) is 5.92 Å². The van der Waals surface area contributed by atoms with Crippen LogP contribution < -0.4 is 5.32 Å². The van der Waals surface area contributed by atoms with Gasteiger partial charge >= 0.3 is 0 Å². The predicted molar refractivity (Wildman–Crippen MR) is 87.5 cm³/mol. The van der Waals surface area contributed by atoms with Crippen LogP contribution in [0, 0.1) is 5.92 Å². The Kier molecular flexibility index (Phi) is 5.67. The summed E-state index contributed by atoms with van der Waals surface area (Å²) in [4.78, 5) is 16.3. The van der Waals surface area contributed by atoms with Gasteiger partial charge in [-0.15, -0.1) is 0 Å². The molecule has 0 aliphatic heterocycles. The second kappa shape index (κ2) is 7.71. The fourth-order valence-electron chi connectivity index (χ4n) is 2.29. The van der Waals surface area contributed by atoms with E-state index in [4.69, 9.17) is 0 Å². The van der Waals surface area contributed by atoms with Gasteiger partial charge in [-0.3, -0.25) is 9.78 Å². The number of carbonyl (C=O) groups is 1. The average molecular weight is 298 g/mol. The third-order valence-corrected chi connectivity index (χ3v) is 3.35. The van der Waals surface area contributed by atoms with E-state index in [1.807, 2.05) is 50.2 Å². The molecule has 1 unspecified atom stereocenters. The van der Waals surface area contributed by atoms with Gasteiger partial charge in [-0.2, -0.15) is 0 Å². The van der Waals surface area contributed by atoms with Crippen LogP contribution in [0.2, 0.25) is 0 Å². The Labute approximate surface area is 131 Å². The normalized spacial score (nSPS) is 12.2. The number of aliphatic hydroxyl groups excluding tert-OH is 1. The van der Waals surface area contributed by atoms with Gasteiger partial charge in [0.05, 0.1) is 11.7 Å². The van der Waals surface area contributed by atoms with Crippen LogP contribution in [0.4, 0.5) is 0 Å². The molecule has 1 aromatic carbocycles. The van der Waals surface area contributed by atoms with Gasteiger partial charge in [0.2, 0.25) is 0 Å². The first kappa shape index (κ1) is 16.2. The van der Waals surface area contributed by atoms with Crippen molar-refractivity contribution in [3.63, 3.8) is 0 Å². The minimum absolute atomic E-state index is 0.215. The highest BCUT2D eigenvalue weighted by atomic mass is 16.3. The van der Waals surface area contributed by atoms with Gasteiger partial charge in [0.1, 0.15) is 0 Å². The highest BCUT2D eigenvalue weighted by Crippen LogP contribution is 2.18. The average Bonchev–Trinajstić information content (AvgIpc) is 2.53. The molecule has 0 aliphatic rings. The van der Waals surface area contributed by atoms with Crippen molar-refractivity contribution in [3.05, 3.63) is 54.4 Å². The highest BCUT2D eigenvalue weighted by Gasteiger charge is 2.11. The van der Waals surface area contributed by atoms with E-state index in [0.717, 1.165) is 11.1 Å². The fraction of sp³-hybridized carbons (Fsp3) is 0.333. The molecule has 1 amide bonds. The van der Waals surface area contributed by atoms with Gasteiger partial charge in [-0.1, -0.05) is 44.2 Å². The van der Waals surface area contributed by atoms with E-state index >= 15 is 0 Å². The van der Waals surface area contributed by atoms with Crippen molar-refractivity contribution >= 4 is 5.91 Å². The first-order chi connectivity index (χ1) is 10.6. The Morgan fingerprint density at radius 3 is 2.59 bits per heavy atom. The lowest BCUT2D eigenvalue weighted by atomic mass is 10.1. The molecule has 0 bridgehead atoms. The standard InChI is InChI=1S/C18H22N2O2/c1-13(2)8-17(21)12-20-18(22)16-9-15(10-19-11-16)14-6-4-3-5-7-14/h3-7,9-11,13,17,21H,8,12H2,1-2H3,(H,20,22). The lowest BCUT2D eigenvalue weighted by Crippen LogP contribution is -2.32. The lowest BCUT2D eigenvalue weighted by Gasteiger charge is -2.14. The summed E-state index contributed by atoms with van der Waals surface area (Å²) >= 11 is 0. The molecule has 4 nitrogen and oxygen atoms in total. The molecule has 0 aliphatic carbocycles. The van der Waals surface area contributed by atoms with Gasteiger partial charge in [-0.25, -0.2) is 0 Å². The lowest BCUT2D eigenvalue weighted by molar-refractivity contribution is 0.0900. The maximum absolute atomic E-state index is 12.2. The van der Waals surface area contributed by atoms with Crippen LogP contribution >= 0.6 is 0 Å². The molecule has 0 fully saturated rings. The minimum atomic E-state index is -0.519. The Bertz CT molecular complexity index is 611. The first-order valence-corrected chi connectivity index (χ1v) is 7.53. The molecule has 22 heavy (non-hydrogen) atoms. The van der Waals surface area contributed by atoms with Gasteiger partial charge in [0, 0.05) is 24.5 Å². The van der Waals surface area contributed by atoms with Crippen LogP contribution in [-0.4, -0.2) is 28.6 Å². The van der Waals surface area contributed by atoms with E-state index in [9.17, 15) is 9.90 Å². The number of hydrogen-bond donors (Lipinski definition) is 2. The predicted octanol–water partition coefficient (Wildman–Crippen LogP) is 2.89. The molecule has 2 N–H and O–H groups in total. The summed E-state index contributed by atoms with van der Waals surface area (Å²) in [6, 6.07) is 11.6. The van der Waals surface area contributed by atoms with Crippen LogP contribution in [0.3, 0.4) is 0 Å². The number of amides is 1. The maximum atomic E-state index is 12.2. The van der Waals surface area contributed by atoms with Gasteiger partial charge in [0.15, 0.2) is 0 Å². The first-order valence-electron chi connectivity index (χ1n) is 7.53. The van der Waals surface area contributed by atoms with Gasteiger partial charge in [0.25, 0.3) is 5.91 Å². The van der Waals surface area contributed by atoms with Crippen LogP contribution in [0.25, 0.3) is 11.1 Å². The smallest absolute Gasteiger partial charge is 0.252 e. The molecular weight excluding hydrogens is 276 g/mol. The Balaban J connectivity index is 2.02. The van der Waals surface area contributed by atoms with Crippen LogP contribution in [0.1, 0.15) is 30.6 Å². The zero-order valence-electron chi connectivity index (χ0n) is 13.0. The van der Waals surface area contributed by atoms with Gasteiger partial charge < -0.3 is 10.4 Å². The summed E-state index contributed by atoms with van der Waals surface area (Å²) in [6.07, 6.45) is 3.42. The number of aromatic nitrogens is 1. The van der Waals surface area contributed by atoms with E-state index < -0.39 is 6.10 Å². The molecule has 0 spiro atoms. The topological polar surface area (TPSA) is 62.2 Å². The van der Waals surface area contributed by atoms with Crippen LogP contribution in [-0.2, 0) is 0 Å². The van der Waals surface area contributed by atoms with Crippen molar-refractivity contribution in [1.29, 1.82) is 0 Å². The molecule has 0 radical (unpaired) electrons. The van der Waals surface area contributed by atoms with Crippen LogP contribution in [0.15, 0.2) is 48.8 Å². The second-order valence-corrected chi connectivity index (χ2v) is 5.82. The molecule has 4 heteroatoms. The third-order valence-electron chi connectivity index (χ3n) is 3.35. The van der Waals surface area contributed by atoms with E-state index in [-0.39, 0.29) is 12.5 Å². The minimum Gasteiger partial charge on any atom is -0.391 e. The van der Waals surface area contributed by atoms with E-state index in [0.29, 0.717) is 17.9 Å². The molecule has 0 saturated heterocycles. The summed E-state index contributed by atoms with van der Waals surface area (Å²) in [5.74, 6) is 0.183. The zero-order valence-corrected chi connectivity index (χ0v) is 13.0. The number of carbonyl (C=O) groups excluding carboxylic acids is 1. The monoisotopic (exact) mass is 298 g/mol. The summed E-state index contributed by atoms with van der Waals surface area (Å²) in [6.45, 7) is 4.34.